The molecule has 1 saturated heterocycles. The van der Waals surface area contributed by atoms with Gasteiger partial charge in [-0.2, -0.15) is 0 Å². The Morgan fingerprint density at radius 3 is 2.08 bits per heavy atom. The van der Waals surface area contributed by atoms with E-state index >= 15 is 0 Å². The van der Waals surface area contributed by atoms with E-state index in [4.69, 9.17) is 0 Å². The quantitative estimate of drug-likeness (QED) is 0.148. The molecular weight excluding hydrogens is 699 g/mol. The highest BCUT2D eigenvalue weighted by Crippen LogP contribution is 2.65. The fourth-order valence-electron chi connectivity index (χ4n) is 9.34. The molecule has 53 heavy (non-hydrogen) atoms. The third-order valence-electron chi connectivity index (χ3n) is 13.5. The molecule has 0 aromatic heterocycles. The second-order valence-electron chi connectivity index (χ2n) is 18.5. The summed E-state index contributed by atoms with van der Waals surface area (Å²) in [6.45, 7) is 10.9. The highest BCUT2D eigenvalue weighted by atomic mass is 32.2. The van der Waals surface area contributed by atoms with Gasteiger partial charge < -0.3 is 31.3 Å². The SMILES string of the molecule is CCCC[C@H](NC(=O)[C@@H]1[C@@H]2[C@H](CN1C(=O)[C@@H](NC(=O)NC1(CS(=O)(=O)C(C)(C)CO)CCCCC1)C1(C)CCCCC1)C2(C)C)C(=O)C(=O)NC1CC1. The molecule has 0 aromatic rings. The summed E-state index contributed by atoms with van der Waals surface area (Å²) in [7, 11) is -3.83. The number of unbranched alkanes of at least 4 members (excludes halogenated alkanes) is 1. The van der Waals surface area contributed by atoms with Crippen LogP contribution >= 0.6 is 0 Å². The van der Waals surface area contributed by atoms with Crippen LogP contribution in [0.5, 0.6) is 0 Å². The third kappa shape index (κ3) is 8.89. The second-order valence-corrected chi connectivity index (χ2v) is 21.1. The Kier molecular flexibility index (Phi) is 12.3. The van der Waals surface area contributed by atoms with Crippen molar-refractivity contribution in [3.63, 3.8) is 0 Å². The van der Waals surface area contributed by atoms with Crippen LogP contribution < -0.4 is 21.3 Å². The van der Waals surface area contributed by atoms with Gasteiger partial charge in [0.1, 0.15) is 12.1 Å². The van der Waals surface area contributed by atoms with Gasteiger partial charge in [0, 0.05) is 12.6 Å². The molecule has 5 aliphatic rings. The number of Topliss-reactive ketones (excluding diaryl/α,β-unsaturated/α-hetero) is 1. The zero-order valence-corrected chi connectivity index (χ0v) is 33.7. The predicted octanol–water partition coefficient (Wildman–Crippen LogP) is 3.52. The number of sulfone groups is 1. The van der Waals surface area contributed by atoms with Crippen molar-refractivity contribution in [2.45, 2.75) is 172 Å². The average Bonchev–Trinajstić information content (AvgIpc) is 3.95. The molecule has 4 aliphatic carbocycles. The molecule has 14 heteroatoms. The van der Waals surface area contributed by atoms with Crippen molar-refractivity contribution in [1.29, 1.82) is 0 Å². The maximum atomic E-state index is 14.9. The number of rotatable bonds is 16. The van der Waals surface area contributed by atoms with Crippen LogP contribution in [0.25, 0.3) is 0 Å². The van der Waals surface area contributed by atoms with Gasteiger partial charge in [-0.05, 0) is 81.5 Å². The number of amides is 5. The van der Waals surface area contributed by atoms with Crippen molar-refractivity contribution < 1.29 is 37.5 Å². The number of carbonyl (C=O) groups is 5. The van der Waals surface area contributed by atoms with Gasteiger partial charge in [-0.25, -0.2) is 13.2 Å². The molecule has 0 unspecified atom stereocenters. The average molecular weight is 764 g/mol. The molecule has 0 bridgehead atoms. The summed E-state index contributed by atoms with van der Waals surface area (Å²) in [5, 5.41) is 21.6. The number of likely N-dealkylation sites (tertiary alicyclic amines) is 1. The zero-order valence-electron chi connectivity index (χ0n) is 32.9. The van der Waals surface area contributed by atoms with Crippen molar-refractivity contribution in [3.05, 3.63) is 0 Å². The second kappa shape index (κ2) is 15.8. The van der Waals surface area contributed by atoms with Crippen molar-refractivity contribution in [2.24, 2.45) is 22.7 Å². The van der Waals surface area contributed by atoms with E-state index in [1.807, 2.05) is 13.8 Å². The van der Waals surface area contributed by atoms with Gasteiger partial charge in [0.05, 0.1) is 28.7 Å². The number of fused-ring (bicyclic) bond motifs is 1. The van der Waals surface area contributed by atoms with Crippen molar-refractivity contribution in [3.8, 4) is 0 Å². The van der Waals surface area contributed by atoms with E-state index in [2.05, 4.69) is 35.1 Å². The lowest BCUT2D eigenvalue weighted by atomic mass is 9.70. The van der Waals surface area contributed by atoms with Gasteiger partial charge >= 0.3 is 6.03 Å². The highest BCUT2D eigenvalue weighted by molar-refractivity contribution is 7.92. The van der Waals surface area contributed by atoms with E-state index in [0.29, 0.717) is 45.1 Å². The topological polar surface area (TPSA) is 191 Å². The van der Waals surface area contributed by atoms with Crippen LogP contribution in [0.4, 0.5) is 4.79 Å². The Balaban J connectivity index is 1.39. The molecule has 300 valence electrons. The number of ketones is 1. The molecular formula is C39H65N5O8S. The number of piperidine rings is 1. The van der Waals surface area contributed by atoms with Crippen LogP contribution in [0.15, 0.2) is 0 Å². The van der Waals surface area contributed by atoms with Crippen molar-refractivity contribution in [2.75, 3.05) is 18.9 Å². The number of aliphatic hydroxyl groups excluding tert-OH is 1. The summed E-state index contributed by atoms with van der Waals surface area (Å²) in [6.07, 6.45) is 10.9. The number of nitrogens with zero attached hydrogens (tertiary/aromatic N) is 1. The molecule has 5 amide bonds. The summed E-state index contributed by atoms with van der Waals surface area (Å²) in [5.41, 5.74) is -1.87. The molecule has 0 radical (unpaired) electrons. The highest BCUT2D eigenvalue weighted by Gasteiger charge is 2.70. The molecule has 5 fully saturated rings. The Labute approximate surface area is 316 Å². The molecule has 0 aromatic carbocycles. The molecule has 0 spiro atoms. The van der Waals surface area contributed by atoms with Crippen LogP contribution in [0, 0.1) is 22.7 Å². The standard InChI is InChI=1S/C39H65N5O8S/c1-7-8-15-27(30(46)33(48)40-25-16-17-25)41-32(47)29-28-26(37(28,4)5)22-44(29)34(49)31(38(6)18-11-9-12-19-38)42-35(50)43-39(20-13-10-14-21-39)24-53(51,52)36(2,3)23-45/h25-29,31,45H,7-24H2,1-6H3,(H,40,48)(H,41,47)(H2,42,43,50)/t26-,27-,28-,29-,31+/m0/s1. The maximum absolute atomic E-state index is 14.9. The first kappa shape index (κ1) is 41.4. The van der Waals surface area contributed by atoms with Gasteiger partial charge in [0.2, 0.25) is 17.6 Å². The van der Waals surface area contributed by atoms with Gasteiger partial charge in [-0.3, -0.25) is 19.2 Å². The number of carbonyl (C=O) groups excluding carboxylic acids is 5. The Hall–Kier alpha value is -2.74. The molecule has 13 nitrogen and oxygen atoms in total. The van der Waals surface area contributed by atoms with E-state index in [1.54, 1.807) is 4.90 Å². The summed E-state index contributed by atoms with van der Waals surface area (Å²) in [6, 6.07) is -3.48. The molecule has 5 rings (SSSR count). The Bertz CT molecular complexity index is 1510. The molecule has 5 N–H and O–H groups in total. The number of nitrogens with one attached hydrogen (secondary N) is 4. The number of aliphatic hydroxyl groups is 1. The van der Waals surface area contributed by atoms with Gasteiger partial charge in [-0.15, -0.1) is 0 Å². The monoisotopic (exact) mass is 763 g/mol. The number of hydrogen-bond acceptors (Lipinski definition) is 8. The first-order valence-electron chi connectivity index (χ1n) is 20.2. The van der Waals surface area contributed by atoms with E-state index in [9.17, 15) is 37.5 Å². The number of hydrogen-bond donors (Lipinski definition) is 5. The van der Waals surface area contributed by atoms with Gasteiger partial charge in [0.25, 0.3) is 5.91 Å². The summed E-state index contributed by atoms with van der Waals surface area (Å²) >= 11 is 0. The van der Waals surface area contributed by atoms with Crippen LogP contribution in [-0.2, 0) is 29.0 Å². The lowest BCUT2D eigenvalue weighted by Gasteiger charge is -2.44. The normalized spacial score (nSPS) is 27.1. The molecule has 1 aliphatic heterocycles. The lowest BCUT2D eigenvalue weighted by molar-refractivity contribution is -0.146. The van der Waals surface area contributed by atoms with Gasteiger partial charge in [-0.1, -0.05) is 79.1 Å². The Morgan fingerprint density at radius 2 is 1.51 bits per heavy atom. The molecule has 4 saturated carbocycles. The van der Waals surface area contributed by atoms with Crippen molar-refractivity contribution in [1.82, 2.24) is 26.2 Å². The third-order valence-corrected chi connectivity index (χ3v) is 16.2. The van der Waals surface area contributed by atoms with Crippen LogP contribution in [0.3, 0.4) is 0 Å². The minimum atomic E-state index is -3.83. The molecule has 1 heterocycles. The van der Waals surface area contributed by atoms with E-state index < -0.39 is 73.9 Å². The summed E-state index contributed by atoms with van der Waals surface area (Å²) in [5.74, 6) is -2.59. The van der Waals surface area contributed by atoms with Crippen LogP contribution in [0.1, 0.15) is 138 Å². The largest absolute Gasteiger partial charge is 0.395 e. The first-order valence-corrected chi connectivity index (χ1v) is 21.8. The smallest absolute Gasteiger partial charge is 0.315 e. The summed E-state index contributed by atoms with van der Waals surface area (Å²) < 4.78 is 25.7. The maximum Gasteiger partial charge on any atom is 0.315 e. The van der Waals surface area contributed by atoms with Crippen LogP contribution in [0.2, 0.25) is 0 Å². The Morgan fingerprint density at radius 1 is 0.906 bits per heavy atom. The molecule has 5 atom stereocenters. The van der Waals surface area contributed by atoms with E-state index in [1.165, 1.54) is 13.8 Å². The summed E-state index contributed by atoms with van der Waals surface area (Å²) in [4.78, 5) is 71.0. The van der Waals surface area contributed by atoms with E-state index in [-0.39, 0.29) is 35.0 Å². The van der Waals surface area contributed by atoms with Crippen LogP contribution in [-0.4, -0.2) is 101 Å². The first-order chi connectivity index (χ1) is 24.8. The fourth-order valence-corrected chi connectivity index (χ4v) is 11.0. The van der Waals surface area contributed by atoms with Crippen molar-refractivity contribution >= 4 is 39.4 Å². The van der Waals surface area contributed by atoms with E-state index in [0.717, 1.165) is 57.8 Å². The fraction of sp³-hybridized carbons (Fsp3) is 0.872. The minimum absolute atomic E-state index is 0.00231. The van der Waals surface area contributed by atoms with Gasteiger partial charge in [0.15, 0.2) is 9.84 Å². The lowest BCUT2D eigenvalue weighted by Crippen LogP contribution is -2.65. The predicted molar refractivity (Wildman–Crippen MR) is 201 cm³/mol. The minimum Gasteiger partial charge on any atom is -0.395 e. The zero-order chi connectivity index (χ0) is 39.0. The number of urea groups is 1.